The molecule has 1 aliphatic heterocycles. The zero-order valence-electron chi connectivity index (χ0n) is 12.4. The molecule has 0 spiro atoms. The van der Waals surface area contributed by atoms with Crippen LogP contribution in [0.25, 0.3) is 0 Å². The van der Waals surface area contributed by atoms with Crippen LogP contribution in [-0.2, 0) is 14.3 Å². The molecule has 1 aromatic rings. The van der Waals surface area contributed by atoms with Crippen molar-refractivity contribution in [2.75, 3.05) is 6.61 Å². The van der Waals surface area contributed by atoms with E-state index in [1.807, 2.05) is 0 Å². The monoisotopic (exact) mass is 336 g/mol. The molecular weight excluding hydrogens is 320 g/mol. The van der Waals surface area contributed by atoms with Crippen LogP contribution in [0.1, 0.15) is 12.8 Å². The highest BCUT2D eigenvalue weighted by Crippen LogP contribution is 2.41. The Morgan fingerprint density at radius 2 is 2.30 bits per heavy atom. The molecule has 6 heteroatoms. The maximum atomic E-state index is 11.9. The number of benzene rings is 1. The maximum Gasteiger partial charge on any atom is 0.306 e. The Bertz CT molecular complexity index is 642. The Hall–Kier alpha value is -1.85. The number of fused-ring (bicyclic) bond motifs is 1. The minimum atomic E-state index is -0.587. The first kappa shape index (κ1) is 16.0. The summed E-state index contributed by atoms with van der Waals surface area (Å²) in [5.74, 6) is -0.209. The first-order valence-electron chi connectivity index (χ1n) is 7.50. The van der Waals surface area contributed by atoms with Crippen molar-refractivity contribution in [2.45, 2.75) is 25.0 Å². The van der Waals surface area contributed by atoms with Gasteiger partial charge in [0, 0.05) is 23.3 Å². The third-order valence-electron chi connectivity index (χ3n) is 4.26. The van der Waals surface area contributed by atoms with Crippen LogP contribution in [0.15, 0.2) is 36.4 Å². The zero-order valence-corrected chi connectivity index (χ0v) is 13.1. The molecule has 1 saturated heterocycles. The van der Waals surface area contributed by atoms with Gasteiger partial charge in [-0.1, -0.05) is 23.7 Å². The van der Waals surface area contributed by atoms with Gasteiger partial charge in [0.15, 0.2) is 12.4 Å². The molecule has 2 aliphatic rings. The maximum absolute atomic E-state index is 11.9. The lowest BCUT2D eigenvalue weighted by atomic mass is 9.91. The van der Waals surface area contributed by atoms with Gasteiger partial charge < -0.3 is 14.6 Å². The van der Waals surface area contributed by atoms with Gasteiger partial charge >= 0.3 is 5.97 Å². The zero-order chi connectivity index (χ0) is 16.4. The summed E-state index contributed by atoms with van der Waals surface area (Å²) in [6, 6.07) is 6.81. The van der Waals surface area contributed by atoms with Gasteiger partial charge in [-0.05, 0) is 24.3 Å². The number of carbonyl (C=O) groups is 2. The van der Waals surface area contributed by atoms with Crippen molar-refractivity contribution in [3.8, 4) is 5.75 Å². The first-order valence-corrected chi connectivity index (χ1v) is 7.87. The van der Waals surface area contributed by atoms with E-state index in [0.717, 1.165) is 0 Å². The molecule has 1 saturated carbocycles. The molecule has 4 atom stereocenters. The number of halogens is 1. The molecule has 0 amide bonds. The lowest BCUT2D eigenvalue weighted by molar-refractivity contribution is -0.141. The van der Waals surface area contributed by atoms with Gasteiger partial charge in [-0.3, -0.25) is 9.59 Å². The molecule has 2 fully saturated rings. The van der Waals surface area contributed by atoms with Crippen LogP contribution in [0.3, 0.4) is 0 Å². The molecule has 0 radical (unpaired) electrons. The number of ether oxygens (including phenoxy) is 2. The van der Waals surface area contributed by atoms with Crippen molar-refractivity contribution < 1.29 is 24.2 Å². The second-order valence-corrected chi connectivity index (χ2v) is 6.28. The molecule has 3 rings (SSSR count). The van der Waals surface area contributed by atoms with Gasteiger partial charge in [0.05, 0.1) is 12.5 Å². The van der Waals surface area contributed by atoms with E-state index in [1.165, 1.54) is 6.08 Å². The molecule has 1 aliphatic carbocycles. The van der Waals surface area contributed by atoms with Gasteiger partial charge in [-0.15, -0.1) is 0 Å². The van der Waals surface area contributed by atoms with Crippen LogP contribution < -0.4 is 4.74 Å². The minimum absolute atomic E-state index is 0.0459. The van der Waals surface area contributed by atoms with E-state index >= 15 is 0 Å². The number of aliphatic hydroxyl groups is 1. The Kier molecular flexibility index (Phi) is 4.68. The van der Waals surface area contributed by atoms with Crippen molar-refractivity contribution in [2.24, 2.45) is 11.8 Å². The molecule has 4 unspecified atom stereocenters. The highest BCUT2D eigenvalue weighted by molar-refractivity contribution is 6.30. The van der Waals surface area contributed by atoms with Crippen LogP contribution in [0.2, 0.25) is 5.02 Å². The quantitative estimate of drug-likeness (QED) is 0.659. The van der Waals surface area contributed by atoms with Crippen LogP contribution in [0, 0.1) is 11.8 Å². The fraction of sp³-hybridized carbons (Fsp3) is 0.412. The average molecular weight is 337 g/mol. The molecule has 5 nitrogen and oxygen atoms in total. The second-order valence-electron chi connectivity index (χ2n) is 5.85. The number of rotatable bonds is 5. The third kappa shape index (κ3) is 3.74. The van der Waals surface area contributed by atoms with Gasteiger partial charge in [-0.25, -0.2) is 0 Å². The van der Waals surface area contributed by atoms with Gasteiger partial charge in [0.2, 0.25) is 0 Å². The predicted molar refractivity (Wildman–Crippen MR) is 83.2 cm³/mol. The Morgan fingerprint density at radius 1 is 1.48 bits per heavy atom. The molecule has 1 aromatic carbocycles. The van der Waals surface area contributed by atoms with Crippen molar-refractivity contribution in [3.05, 3.63) is 41.4 Å². The highest BCUT2D eigenvalue weighted by Gasteiger charge is 2.48. The number of carbonyl (C=O) groups excluding carboxylic acids is 2. The Balaban J connectivity index is 1.55. The predicted octanol–water partition coefficient (Wildman–Crippen LogP) is 2.16. The summed E-state index contributed by atoms with van der Waals surface area (Å²) >= 11 is 5.84. The lowest BCUT2D eigenvalue weighted by Crippen LogP contribution is -2.18. The Morgan fingerprint density at radius 3 is 3.09 bits per heavy atom. The molecule has 0 bridgehead atoms. The molecule has 1 N–H and O–H groups in total. The van der Waals surface area contributed by atoms with E-state index in [1.54, 1.807) is 30.3 Å². The average Bonchev–Trinajstić information content (AvgIpc) is 2.98. The molecule has 0 aromatic heterocycles. The summed E-state index contributed by atoms with van der Waals surface area (Å²) in [6.45, 7) is -0.108. The van der Waals surface area contributed by atoms with Gasteiger partial charge in [-0.2, -0.15) is 0 Å². The van der Waals surface area contributed by atoms with Crippen LogP contribution in [0.5, 0.6) is 5.75 Å². The van der Waals surface area contributed by atoms with Crippen LogP contribution >= 0.6 is 11.6 Å². The smallest absolute Gasteiger partial charge is 0.306 e. The van der Waals surface area contributed by atoms with Gasteiger partial charge in [0.1, 0.15) is 11.9 Å². The summed E-state index contributed by atoms with van der Waals surface area (Å²) in [4.78, 5) is 23.2. The van der Waals surface area contributed by atoms with E-state index in [0.29, 0.717) is 23.6 Å². The normalized spacial score (nSPS) is 29.6. The second kappa shape index (κ2) is 6.72. The van der Waals surface area contributed by atoms with Crippen molar-refractivity contribution in [1.82, 2.24) is 0 Å². The number of ketones is 1. The summed E-state index contributed by atoms with van der Waals surface area (Å²) < 4.78 is 10.5. The Labute approximate surface area is 138 Å². The fourth-order valence-corrected chi connectivity index (χ4v) is 3.34. The summed E-state index contributed by atoms with van der Waals surface area (Å²) in [5, 5.41) is 10.6. The fourth-order valence-electron chi connectivity index (χ4n) is 3.16. The minimum Gasteiger partial charge on any atom is -0.485 e. The van der Waals surface area contributed by atoms with Crippen molar-refractivity contribution >= 4 is 23.4 Å². The largest absolute Gasteiger partial charge is 0.485 e. The first-order chi connectivity index (χ1) is 11.0. The number of hydrogen-bond donors (Lipinski definition) is 1. The molecule has 1 heterocycles. The van der Waals surface area contributed by atoms with E-state index in [9.17, 15) is 14.7 Å². The standard InChI is InChI=1S/C17H17ClO5/c18-10-2-1-3-12(6-10)22-9-11(19)4-5-13-14-7-17(21)23-16(14)8-15(13)20/h1-6,13-16,20H,7-9H2/b5-4+. The van der Waals surface area contributed by atoms with Crippen LogP contribution in [0.4, 0.5) is 0 Å². The number of esters is 1. The number of aliphatic hydroxyl groups excluding tert-OH is 1. The highest BCUT2D eigenvalue weighted by atomic mass is 35.5. The summed E-state index contributed by atoms with van der Waals surface area (Å²) in [6.07, 6.45) is 2.98. The van der Waals surface area contributed by atoms with E-state index in [4.69, 9.17) is 21.1 Å². The van der Waals surface area contributed by atoms with E-state index in [-0.39, 0.29) is 36.3 Å². The van der Waals surface area contributed by atoms with E-state index < -0.39 is 6.10 Å². The topological polar surface area (TPSA) is 72.8 Å². The number of hydrogen-bond acceptors (Lipinski definition) is 5. The van der Waals surface area contributed by atoms with Crippen LogP contribution in [-0.4, -0.2) is 35.7 Å². The van der Waals surface area contributed by atoms with Crippen molar-refractivity contribution in [3.63, 3.8) is 0 Å². The molecule has 23 heavy (non-hydrogen) atoms. The molecular formula is C17H17ClO5. The van der Waals surface area contributed by atoms with Gasteiger partial charge in [0.25, 0.3) is 0 Å². The molecule has 122 valence electrons. The SMILES string of the molecule is O=C(/C=C/C1C(O)CC2OC(=O)CC21)COc1cccc(Cl)c1. The van der Waals surface area contributed by atoms with Crippen molar-refractivity contribution in [1.29, 1.82) is 0 Å². The third-order valence-corrected chi connectivity index (χ3v) is 4.49. The summed E-state index contributed by atoms with van der Waals surface area (Å²) in [5.41, 5.74) is 0. The lowest BCUT2D eigenvalue weighted by Gasteiger charge is -2.14. The van der Waals surface area contributed by atoms with E-state index in [2.05, 4.69) is 0 Å². The summed E-state index contributed by atoms with van der Waals surface area (Å²) in [7, 11) is 0.